The van der Waals surface area contributed by atoms with Crippen LogP contribution in [-0.4, -0.2) is 55.4 Å². The Morgan fingerprint density at radius 1 is 1.58 bits per heavy atom. The second kappa shape index (κ2) is 6.04. The molecule has 1 aromatic rings. The van der Waals surface area contributed by atoms with Crippen LogP contribution in [0, 0.1) is 6.92 Å². The molecule has 0 aliphatic carbocycles. The van der Waals surface area contributed by atoms with Crippen molar-refractivity contribution in [2.24, 2.45) is 0 Å². The normalized spacial score (nSPS) is 19.3. The van der Waals surface area contributed by atoms with Gasteiger partial charge in [-0.2, -0.15) is 0 Å². The van der Waals surface area contributed by atoms with Gasteiger partial charge in [-0.3, -0.25) is 4.79 Å². The molecule has 0 spiro atoms. The number of rotatable bonds is 3. The SMILES string of the molecule is CNc1cc(C)ccc1C(=O)N1CCOCC1CO. The number of hydrogen-bond acceptors (Lipinski definition) is 4. The highest BCUT2D eigenvalue weighted by Gasteiger charge is 2.28. The molecule has 19 heavy (non-hydrogen) atoms. The molecule has 0 saturated carbocycles. The van der Waals surface area contributed by atoms with Gasteiger partial charge < -0.3 is 20.1 Å². The molecule has 2 N–H and O–H groups in total. The molecule has 1 fully saturated rings. The molecule has 1 aromatic carbocycles. The third-order valence-corrected chi connectivity index (χ3v) is 3.37. The quantitative estimate of drug-likeness (QED) is 0.850. The first-order valence-electron chi connectivity index (χ1n) is 6.45. The molecule has 104 valence electrons. The number of hydrogen-bond donors (Lipinski definition) is 2. The predicted molar refractivity (Wildman–Crippen MR) is 73.5 cm³/mol. The molecule has 1 atom stereocenters. The standard InChI is InChI=1S/C14H20N2O3/c1-10-3-4-12(13(7-10)15-2)14(18)16-5-6-19-9-11(16)8-17/h3-4,7,11,15,17H,5-6,8-9H2,1-2H3. The van der Waals surface area contributed by atoms with Gasteiger partial charge in [0, 0.05) is 19.3 Å². The second-order valence-electron chi connectivity index (χ2n) is 4.71. The molecule has 1 aliphatic heterocycles. The van der Waals surface area contributed by atoms with Crippen molar-refractivity contribution < 1.29 is 14.6 Å². The van der Waals surface area contributed by atoms with Gasteiger partial charge in [-0.15, -0.1) is 0 Å². The topological polar surface area (TPSA) is 61.8 Å². The molecule has 1 unspecified atom stereocenters. The summed E-state index contributed by atoms with van der Waals surface area (Å²) in [5.41, 5.74) is 2.54. The number of aliphatic hydroxyl groups is 1. The monoisotopic (exact) mass is 264 g/mol. The lowest BCUT2D eigenvalue weighted by Gasteiger charge is -2.34. The number of amides is 1. The molecule has 1 saturated heterocycles. The average Bonchev–Trinajstić information content (AvgIpc) is 2.46. The number of anilines is 1. The van der Waals surface area contributed by atoms with Crippen molar-refractivity contribution in [1.82, 2.24) is 4.90 Å². The molecular formula is C14H20N2O3. The number of ether oxygens (including phenoxy) is 1. The van der Waals surface area contributed by atoms with Gasteiger partial charge in [-0.1, -0.05) is 6.07 Å². The molecule has 0 aromatic heterocycles. The van der Waals surface area contributed by atoms with Crippen molar-refractivity contribution in [2.45, 2.75) is 13.0 Å². The van der Waals surface area contributed by atoms with Crippen molar-refractivity contribution in [2.75, 3.05) is 38.7 Å². The van der Waals surface area contributed by atoms with Gasteiger partial charge in [0.2, 0.25) is 0 Å². The average molecular weight is 264 g/mol. The van der Waals surface area contributed by atoms with E-state index in [4.69, 9.17) is 4.74 Å². The lowest BCUT2D eigenvalue weighted by molar-refractivity contribution is -0.0183. The van der Waals surface area contributed by atoms with E-state index in [1.165, 1.54) is 0 Å². The Kier molecular flexibility index (Phi) is 4.39. The highest BCUT2D eigenvalue weighted by molar-refractivity contribution is 6.00. The van der Waals surface area contributed by atoms with E-state index in [0.717, 1.165) is 11.3 Å². The number of aliphatic hydroxyl groups excluding tert-OH is 1. The Bertz CT molecular complexity index is 462. The van der Waals surface area contributed by atoms with Crippen LogP contribution in [0.25, 0.3) is 0 Å². The minimum Gasteiger partial charge on any atom is -0.394 e. The van der Waals surface area contributed by atoms with Crippen LogP contribution in [0.15, 0.2) is 18.2 Å². The molecular weight excluding hydrogens is 244 g/mol. The number of carbonyl (C=O) groups is 1. The van der Waals surface area contributed by atoms with Crippen LogP contribution in [0.4, 0.5) is 5.69 Å². The maximum Gasteiger partial charge on any atom is 0.256 e. The van der Waals surface area contributed by atoms with E-state index in [-0.39, 0.29) is 18.6 Å². The van der Waals surface area contributed by atoms with E-state index in [1.807, 2.05) is 25.1 Å². The smallest absolute Gasteiger partial charge is 0.256 e. The fourth-order valence-corrected chi connectivity index (χ4v) is 2.28. The molecule has 2 rings (SSSR count). The van der Waals surface area contributed by atoms with Gasteiger partial charge in [0.15, 0.2) is 0 Å². The molecule has 1 aliphatic rings. The number of morpholine rings is 1. The fraction of sp³-hybridized carbons (Fsp3) is 0.500. The van der Waals surface area contributed by atoms with E-state index < -0.39 is 0 Å². The van der Waals surface area contributed by atoms with E-state index in [0.29, 0.717) is 25.3 Å². The van der Waals surface area contributed by atoms with Crippen molar-refractivity contribution in [3.05, 3.63) is 29.3 Å². The van der Waals surface area contributed by atoms with Crippen molar-refractivity contribution >= 4 is 11.6 Å². The van der Waals surface area contributed by atoms with Crippen molar-refractivity contribution in [1.29, 1.82) is 0 Å². The van der Waals surface area contributed by atoms with Crippen LogP contribution < -0.4 is 5.32 Å². The van der Waals surface area contributed by atoms with Gasteiger partial charge in [0.1, 0.15) is 0 Å². The minimum atomic E-state index is -0.257. The Balaban J connectivity index is 2.27. The van der Waals surface area contributed by atoms with Crippen LogP contribution in [0.2, 0.25) is 0 Å². The lowest BCUT2D eigenvalue weighted by Crippen LogP contribution is -2.50. The van der Waals surface area contributed by atoms with Crippen molar-refractivity contribution in [3.63, 3.8) is 0 Å². The largest absolute Gasteiger partial charge is 0.394 e. The van der Waals surface area contributed by atoms with Gasteiger partial charge in [0.25, 0.3) is 5.91 Å². The maximum atomic E-state index is 12.6. The van der Waals surface area contributed by atoms with Crippen molar-refractivity contribution in [3.8, 4) is 0 Å². The molecule has 1 heterocycles. The van der Waals surface area contributed by atoms with Gasteiger partial charge in [-0.05, 0) is 24.6 Å². The Labute approximate surface area is 113 Å². The van der Waals surface area contributed by atoms with E-state index in [1.54, 1.807) is 11.9 Å². The maximum absolute atomic E-state index is 12.6. The first-order chi connectivity index (χ1) is 9.17. The lowest BCUT2D eigenvalue weighted by atomic mass is 10.1. The Morgan fingerprint density at radius 3 is 3.05 bits per heavy atom. The number of carbonyl (C=O) groups excluding carboxylic acids is 1. The minimum absolute atomic E-state index is 0.0632. The molecule has 1 amide bonds. The predicted octanol–water partition coefficient (Wildman–Crippen LogP) is 0.870. The number of nitrogens with one attached hydrogen (secondary N) is 1. The Hall–Kier alpha value is -1.59. The van der Waals surface area contributed by atoms with Gasteiger partial charge in [0.05, 0.1) is 31.4 Å². The summed E-state index contributed by atoms with van der Waals surface area (Å²) in [5.74, 6) is -0.0632. The number of nitrogens with zero attached hydrogens (tertiary/aromatic N) is 1. The number of benzene rings is 1. The fourth-order valence-electron chi connectivity index (χ4n) is 2.28. The summed E-state index contributed by atoms with van der Waals surface area (Å²) in [6.07, 6.45) is 0. The summed E-state index contributed by atoms with van der Waals surface area (Å²) in [7, 11) is 1.80. The van der Waals surface area contributed by atoms with Crippen LogP contribution in [0.5, 0.6) is 0 Å². The highest BCUT2D eigenvalue weighted by Crippen LogP contribution is 2.21. The third kappa shape index (κ3) is 2.88. The molecule has 0 radical (unpaired) electrons. The van der Waals surface area contributed by atoms with Crippen LogP contribution >= 0.6 is 0 Å². The van der Waals surface area contributed by atoms with Crippen LogP contribution in [0.1, 0.15) is 15.9 Å². The van der Waals surface area contributed by atoms with Gasteiger partial charge in [-0.25, -0.2) is 0 Å². The second-order valence-corrected chi connectivity index (χ2v) is 4.71. The summed E-state index contributed by atoms with van der Waals surface area (Å²) in [4.78, 5) is 14.3. The third-order valence-electron chi connectivity index (χ3n) is 3.37. The van der Waals surface area contributed by atoms with E-state index in [9.17, 15) is 9.90 Å². The molecule has 5 nitrogen and oxygen atoms in total. The van der Waals surface area contributed by atoms with Crippen LogP contribution in [-0.2, 0) is 4.74 Å². The molecule has 0 bridgehead atoms. The first-order valence-corrected chi connectivity index (χ1v) is 6.45. The van der Waals surface area contributed by atoms with E-state index >= 15 is 0 Å². The summed E-state index contributed by atoms with van der Waals surface area (Å²) < 4.78 is 5.30. The number of aryl methyl sites for hydroxylation is 1. The first kappa shape index (κ1) is 13.8. The zero-order valence-corrected chi connectivity index (χ0v) is 11.3. The molecule has 5 heteroatoms. The van der Waals surface area contributed by atoms with Gasteiger partial charge >= 0.3 is 0 Å². The zero-order valence-electron chi connectivity index (χ0n) is 11.3. The summed E-state index contributed by atoms with van der Waals surface area (Å²) >= 11 is 0. The zero-order chi connectivity index (χ0) is 13.8. The summed E-state index contributed by atoms with van der Waals surface area (Å²) in [6, 6.07) is 5.43. The summed E-state index contributed by atoms with van der Waals surface area (Å²) in [6.45, 7) is 3.33. The van der Waals surface area contributed by atoms with Crippen LogP contribution in [0.3, 0.4) is 0 Å². The highest BCUT2D eigenvalue weighted by atomic mass is 16.5. The Morgan fingerprint density at radius 2 is 2.37 bits per heavy atom. The van der Waals surface area contributed by atoms with E-state index in [2.05, 4.69) is 5.32 Å². The summed E-state index contributed by atoms with van der Waals surface area (Å²) in [5, 5.41) is 12.4.